The first-order chi connectivity index (χ1) is 10.6. The van der Waals surface area contributed by atoms with E-state index in [0.29, 0.717) is 12.8 Å². The van der Waals surface area contributed by atoms with Crippen LogP contribution in [0.15, 0.2) is 42.7 Å². The SMILES string of the molecule is O=C(Cc1ccc(-n2cccn2)cc1)NCC1(C(=O)O)CC1. The summed E-state index contributed by atoms with van der Waals surface area (Å²) < 4.78 is 1.74. The van der Waals surface area contributed by atoms with E-state index >= 15 is 0 Å². The minimum Gasteiger partial charge on any atom is -0.481 e. The maximum Gasteiger partial charge on any atom is 0.311 e. The molecular weight excluding hydrogens is 282 g/mol. The second-order valence-electron chi connectivity index (χ2n) is 5.66. The fraction of sp³-hybridized carbons (Fsp3) is 0.312. The molecule has 6 nitrogen and oxygen atoms in total. The number of rotatable bonds is 6. The van der Waals surface area contributed by atoms with Crippen LogP contribution in [0.1, 0.15) is 18.4 Å². The van der Waals surface area contributed by atoms with E-state index in [2.05, 4.69) is 10.4 Å². The lowest BCUT2D eigenvalue weighted by molar-refractivity contribution is -0.143. The molecule has 1 saturated carbocycles. The van der Waals surface area contributed by atoms with E-state index in [1.807, 2.05) is 36.5 Å². The van der Waals surface area contributed by atoms with Crippen LogP contribution in [0, 0.1) is 5.41 Å². The van der Waals surface area contributed by atoms with Crippen molar-refractivity contribution in [3.8, 4) is 5.69 Å². The van der Waals surface area contributed by atoms with E-state index in [9.17, 15) is 9.59 Å². The molecule has 1 fully saturated rings. The second kappa shape index (κ2) is 5.63. The maximum absolute atomic E-state index is 11.9. The smallest absolute Gasteiger partial charge is 0.311 e. The Kier molecular flexibility index (Phi) is 3.66. The predicted octanol–water partition coefficient (Wildman–Crippen LogP) is 1.40. The standard InChI is InChI=1S/C16H17N3O3/c20-14(17-11-16(6-7-16)15(21)22)10-12-2-4-13(5-3-12)19-9-1-8-18-19/h1-5,8-9H,6-7,10-11H2,(H,17,20)(H,21,22). The molecule has 3 rings (SSSR count). The van der Waals surface area contributed by atoms with Crippen molar-refractivity contribution in [1.29, 1.82) is 0 Å². The van der Waals surface area contributed by atoms with Crippen LogP contribution < -0.4 is 5.32 Å². The third kappa shape index (κ3) is 3.00. The van der Waals surface area contributed by atoms with Gasteiger partial charge in [-0.1, -0.05) is 12.1 Å². The molecule has 1 heterocycles. The zero-order valence-corrected chi connectivity index (χ0v) is 12.0. The van der Waals surface area contributed by atoms with Crippen LogP contribution in [0.25, 0.3) is 5.69 Å². The van der Waals surface area contributed by atoms with Gasteiger partial charge in [-0.2, -0.15) is 5.10 Å². The highest BCUT2D eigenvalue weighted by Gasteiger charge is 2.50. The number of aliphatic carboxylic acids is 1. The second-order valence-corrected chi connectivity index (χ2v) is 5.66. The molecular formula is C16H17N3O3. The lowest BCUT2D eigenvalue weighted by Crippen LogP contribution is -2.35. The van der Waals surface area contributed by atoms with Gasteiger partial charge in [0.05, 0.1) is 17.5 Å². The molecule has 0 unspecified atom stereocenters. The molecule has 0 atom stereocenters. The molecule has 1 aromatic heterocycles. The number of hydrogen-bond acceptors (Lipinski definition) is 3. The molecule has 1 aliphatic rings. The summed E-state index contributed by atoms with van der Waals surface area (Å²) >= 11 is 0. The summed E-state index contributed by atoms with van der Waals surface area (Å²) in [5, 5.41) is 15.9. The molecule has 1 aromatic carbocycles. The van der Waals surface area contributed by atoms with Crippen LogP contribution in [-0.4, -0.2) is 33.3 Å². The Balaban J connectivity index is 1.54. The molecule has 0 aliphatic heterocycles. The van der Waals surface area contributed by atoms with Crippen LogP contribution in [0.2, 0.25) is 0 Å². The van der Waals surface area contributed by atoms with Gasteiger partial charge in [-0.15, -0.1) is 0 Å². The van der Waals surface area contributed by atoms with E-state index < -0.39 is 11.4 Å². The molecule has 22 heavy (non-hydrogen) atoms. The van der Waals surface area contributed by atoms with Gasteiger partial charge in [0.15, 0.2) is 0 Å². The molecule has 2 aromatic rings. The van der Waals surface area contributed by atoms with Crippen LogP contribution in [0.4, 0.5) is 0 Å². The Morgan fingerprint density at radius 1 is 1.27 bits per heavy atom. The lowest BCUT2D eigenvalue weighted by Gasteiger charge is -2.11. The molecule has 1 aliphatic carbocycles. The van der Waals surface area contributed by atoms with E-state index in [4.69, 9.17) is 5.11 Å². The average Bonchev–Trinajstić information content (AvgIpc) is 3.12. The number of carboxylic acid groups (broad SMARTS) is 1. The van der Waals surface area contributed by atoms with Gasteiger partial charge >= 0.3 is 5.97 Å². The minimum atomic E-state index is -0.823. The highest BCUT2D eigenvalue weighted by molar-refractivity contribution is 5.82. The summed E-state index contributed by atoms with van der Waals surface area (Å²) in [5.74, 6) is -0.976. The zero-order chi connectivity index (χ0) is 15.6. The van der Waals surface area contributed by atoms with Crippen molar-refractivity contribution in [2.24, 2.45) is 5.41 Å². The van der Waals surface area contributed by atoms with Gasteiger partial charge < -0.3 is 10.4 Å². The van der Waals surface area contributed by atoms with Gasteiger partial charge in [-0.3, -0.25) is 9.59 Å². The van der Waals surface area contributed by atoms with E-state index in [1.54, 1.807) is 10.9 Å². The van der Waals surface area contributed by atoms with Crippen molar-refractivity contribution in [2.45, 2.75) is 19.3 Å². The summed E-state index contributed by atoms with van der Waals surface area (Å²) in [6.07, 6.45) is 5.08. The first-order valence-electron chi connectivity index (χ1n) is 7.18. The molecule has 0 saturated heterocycles. The van der Waals surface area contributed by atoms with Crippen LogP contribution in [-0.2, 0) is 16.0 Å². The van der Waals surface area contributed by atoms with Crippen molar-refractivity contribution in [1.82, 2.24) is 15.1 Å². The number of carbonyl (C=O) groups excluding carboxylic acids is 1. The number of nitrogens with one attached hydrogen (secondary N) is 1. The summed E-state index contributed by atoms with van der Waals surface area (Å²) in [6.45, 7) is 0.215. The Bertz CT molecular complexity index is 673. The molecule has 2 N–H and O–H groups in total. The van der Waals surface area contributed by atoms with E-state index in [0.717, 1.165) is 11.3 Å². The number of nitrogens with zero attached hydrogens (tertiary/aromatic N) is 2. The molecule has 6 heteroatoms. The first-order valence-corrected chi connectivity index (χ1v) is 7.18. The van der Waals surface area contributed by atoms with Crippen molar-refractivity contribution >= 4 is 11.9 Å². The summed E-state index contributed by atoms with van der Waals surface area (Å²) in [6, 6.07) is 9.39. The maximum atomic E-state index is 11.9. The Hall–Kier alpha value is -2.63. The molecule has 0 radical (unpaired) electrons. The highest BCUT2D eigenvalue weighted by atomic mass is 16.4. The summed E-state index contributed by atoms with van der Waals surface area (Å²) in [7, 11) is 0. The number of benzene rings is 1. The Labute approximate surface area is 127 Å². The van der Waals surface area contributed by atoms with Gasteiger partial charge in [0, 0.05) is 18.9 Å². The third-order valence-electron chi connectivity index (χ3n) is 4.00. The normalized spacial score (nSPS) is 15.3. The van der Waals surface area contributed by atoms with Crippen LogP contribution >= 0.6 is 0 Å². The Morgan fingerprint density at radius 2 is 2.00 bits per heavy atom. The fourth-order valence-corrected chi connectivity index (χ4v) is 2.32. The summed E-state index contributed by atoms with van der Waals surface area (Å²) in [4.78, 5) is 22.9. The number of carboxylic acids is 1. The average molecular weight is 299 g/mol. The quantitative estimate of drug-likeness (QED) is 0.844. The number of aromatic nitrogens is 2. The minimum absolute atomic E-state index is 0.153. The topological polar surface area (TPSA) is 84.2 Å². The lowest BCUT2D eigenvalue weighted by atomic mass is 10.1. The van der Waals surface area contributed by atoms with Crippen LogP contribution in [0.5, 0.6) is 0 Å². The molecule has 114 valence electrons. The monoisotopic (exact) mass is 299 g/mol. The van der Waals surface area contributed by atoms with Gasteiger partial charge in [0.1, 0.15) is 0 Å². The molecule has 0 spiro atoms. The number of hydrogen-bond donors (Lipinski definition) is 2. The first kappa shape index (κ1) is 14.3. The van der Waals surface area contributed by atoms with Gasteiger partial charge in [0.2, 0.25) is 5.91 Å². The van der Waals surface area contributed by atoms with Crippen molar-refractivity contribution in [3.05, 3.63) is 48.3 Å². The number of carbonyl (C=O) groups is 2. The largest absolute Gasteiger partial charge is 0.481 e. The van der Waals surface area contributed by atoms with Crippen molar-refractivity contribution in [2.75, 3.05) is 6.54 Å². The van der Waals surface area contributed by atoms with Crippen molar-refractivity contribution in [3.63, 3.8) is 0 Å². The van der Waals surface area contributed by atoms with Gasteiger partial charge in [0.25, 0.3) is 0 Å². The highest BCUT2D eigenvalue weighted by Crippen LogP contribution is 2.45. The fourth-order valence-electron chi connectivity index (χ4n) is 2.32. The van der Waals surface area contributed by atoms with Gasteiger partial charge in [-0.05, 0) is 36.6 Å². The third-order valence-corrected chi connectivity index (χ3v) is 4.00. The number of amides is 1. The van der Waals surface area contributed by atoms with E-state index in [-0.39, 0.29) is 18.9 Å². The molecule has 0 bridgehead atoms. The molecule has 1 amide bonds. The zero-order valence-electron chi connectivity index (χ0n) is 12.0. The predicted molar refractivity (Wildman–Crippen MR) is 79.6 cm³/mol. The van der Waals surface area contributed by atoms with Crippen LogP contribution in [0.3, 0.4) is 0 Å². The van der Waals surface area contributed by atoms with Gasteiger partial charge in [-0.25, -0.2) is 4.68 Å². The Morgan fingerprint density at radius 3 is 2.55 bits per heavy atom. The summed E-state index contributed by atoms with van der Waals surface area (Å²) in [5.41, 5.74) is 1.09. The van der Waals surface area contributed by atoms with Crippen molar-refractivity contribution < 1.29 is 14.7 Å². The van der Waals surface area contributed by atoms with E-state index in [1.165, 1.54) is 0 Å².